The number of carbonyl (C=O) groups excluding carboxylic acids is 1. The van der Waals surface area contributed by atoms with Gasteiger partial charge in [-0.25, -0.2) is 0 Å². The highest BCUT2D eigenvalue weighted by Gasteiger charge is 2.53. The first kappa shape index (κ1) is 8.96. The number of hydrogen-bond donors (Lipinski definition) is 2. The summed E-state index contributed by atoms with van der Waals surface area (Å²) in [6.45, 7) is -0.0707. The van der Waals surface area contributed by atoms with Crippen molar-refractivity contribution in [1.82, 2.24) is 4.98 Å². The molecule has 1 aliphatic rings. The Morgan fingerprint density at radius 1 is 1.50 bits per heavy atom. The van der Waals surface area contributed by atoms with Crippen LogP contribution in [0.15, 0.2) is 18.5 Å². The van der Waals surface area contributed by atoms with Crippen molar-refractivity contribution in [2.75, 3.05) is 13.2 Å². The van der Waals surface area contributed by atoms with Gasteiger partial charge in [0.15, 0.2) is 11.2 Å². The standard InChI is InChI=1S/C9H9NO4/c11-7(6-1-2-10-3-6)9(8(12)13)4-14-5-9/h1-3,10H,4-5H2,(H,12,13). The molecular formula is C9H9NO4. The van der Waals surface area contributed by atoms with Gasteiger partial charge in [0.05, 0.1) is 13.2 Å². The molecule has 1 saturated heterocycles. The number of ketones is 1. The lowest BCUT2D eigenvalue weighted by molar-refractivity contribution is -0.168. The molecule has 0 atom stereocenters. The summed E-state index contributed by atoms with van der Waals surface area (Å²) in [6, 6.07) is 1.56. The van der Waals surface area contributed by atoms with E-state index >= 15 is 0 Å². The SMILES string of the molecule is O=C(O)C1(C(=O)c2cc[nH]c2)COC1. The number of carboxylic acids is 1. The first-order valence-corrected chi connectivity index (χ1v) is 4.15. The van der Waals surface area contributed by atoms with Gasteiger partial charge in [-0.2, -0.15) is 0 Å². The molecule has 14 heavy (non-hydrogen) atoms. The molecule has 2 heterocycles. The Bertz CT molecular complexity index is 364. The van der Waals surface area contributed by atoms with Crippen LogP contribution in [0.5, 0.6) is 0 Å². The number of nitrogens with one attached hydrogen (secondary N) is 1. The molecule has 5 heteroatoms. The van der Waals surface area contributed by atoms with Crippen molar-refractivity contribution in [2.45, 2.75) is 0 Å². The van der Waals surface area contributed by atoms with E-state index in [2.05, 4.69) is 4.98 Å². The van der Waals surface area contributed by atoms with Gasteiger partial charge in [0.1, 0.15) is 0 Å². The Balaban J connectivity index is 2.30. The highest BCUT2D eigenvalue weighted by Crippen LogP contribution is 2.31. The Morgan fingerprint density at radius 3 is 2.57 bits per heavy atom. The highest BCUT2D eigenvalue weighted by molar-refractivity contribution is 6.12. The minimum absolute atomic E-state index is 0.0354. The molecule has 0 saturated carbocycles. The second-order valence-corrected chi connectivity index (χ2v) is 3.31. The van der Waals surface area contributed by atoms with Gasteiger partial charge in [0.2, 0.25) is 0 Å². The van der Waals surface area contributed by atoms with Gasteiger partial charge in [0, 0.05) is 18.0 Å². The van der Waals surface area contributed by atoms with Gasteiger partial charge in [-0.15, -0.1) is 0 Å². The fourth-order valence-electron chi connectivity index (χ4n) is 1.40. The molecule has 0 amide bonds. The molecule has 74 valence electrons. The summed E-state index contributed by atoms with van der Waals surface area (Å²) in [6.07, 6.45) is 3.08. The second-order valence-electron chi connectivity index (χ2n) is 3.31. The smallest absolute Gasteiger partial charge is 0.322 e. The van der Waals surface area contributed by atoms with Gasteiger partial charge in [-0.05, 0) is 6.07 Å². The maximum Gasteiger partial charge on any atom is 0.322 e. The van der Waals surface area contributed by atoms with Gasteiger partial charge in [-0.1, -0.05) is 0 Å². The first-order chi connectivity index (χ1) is 6.67. The summed E-state index contributed by atoms with van der Waals surface area (Å²) in [5.41, 5.74) is -0.974. The lowest BCUT2D eigenvalue weighted by Crippen LogP contribution is -2.54. The number of carboxylic acid groups (broad SMARTS) is 1. The van der Waals surface area contributed by atoms with Gasteiger partial charge < -0.3 is 14.8 Å². The van der Waals surface area contributed by atoms with Crippen LogP contribution in [0.3, 0.4) is 0 Å². The number of aromatic amines is 1. The fourth-order valence-corrected chi connectivity index (χ4v) is 1.40. The van der Waals surface area contributed by atoms with Crippen LogP contribution in [0.25, 0.3) is 0 Å². The van der Waals surface area contributed by atoms with Crippen LogP contribution in [0.4, 0.5) is 0 Å². The average Bonchev–Trinajstić information content (AvgIpc) is 2.51. The van der Waals surface area contributed by atoms with E-state index in [4.69, 9.17) is 9.84 Å². The van der Waals surface area contributed by atoms with Crippen molar-refractivity contribution in [3.05, 3.63) is 24.0 Å². The van der Waals surface area contributed by atoms with E-state index in [0.29, 0.717) is 5.56 Å². The molecule has 0 radical (unpaired) electrons. The van der Waals surface area contributed by atoms with Crippen molar-refractivity contribution in [3.8, 4) is 0 Å². The summed E-state index contributed by atoms with van der Waals surface area (Å²) in [5, 5.41) is 8.94. The average molecular weight is 195 g/mol. The lowest BCUT2D eigenvalue weighted by atomic mass is 9.79. The van der Waals surface area contributed by atoms with Gasteiger partial charge in [0.25, 0.3) is 0 Å². The summed E-state index contributed by atoms with van der Waals surface area (Å²) in [7, 11) is 0. The lowest BCUT2D eigenvalue weighted by Gasteiger charge is -2.35. The monoisotopic (exact) mass is 195 g/mol. The van der Waals surface area contributed by atoms with Gasteiger partial charge in [-0.3, -0.25) is 9.59 Å². The molecule has 1 fully saturated rings. The molecular weight excluding hydrogens is 186 g/mol. The molecule has 1 aromatic heterocycles. The Labute approximate surface area is 79.7 Å². The largest absolute Gasteiger partial charge is 0.480 e. The molecule has 0 aliphatic carbocycles. The van der Waals surface area contributed by atoms with E-state index in [1.54, 1.807) is 12.3 Å². The van der Waals surface area contributed by atoms with Crippen LogP contribution < -0.4 is 0 Å². The third-order valence-electron chi connectivity index (χ3n) is 2.40. The van der Waals surface area contributed by atoms with Crippen LogP contribution >= 0.6 is 0 Å². The molecule has 0 bridgehead atoms. The number of ether oxygens (including phenoxy) is 1. The molecule has 1 aromatic rings. The number of H-pyrrole nitrogens is 1. The predicted molar refractivity (Wildman–Crippen MR) is 46.0 cm³/mol. The number of rotatable bonds is 3. The minimum atomic E-state index is -1.36. The maximum absolute atomic E-state index is 11.8. The molecule has 0 unspecified atom stereocenters. The third-order valence-corrected chi connectivity index (χ3v) is 2.40. The molecule has 5 nitrogen and oxygen atoms in total. The fraction of sp³-hybridized carbons (Fsp3) is 0.333. The quantitative estimate of drug-likeness (QED) is 0.537. The molecule has 2 rings (SSSR count). The van der Waals surface area contributed by atoms with E-state index in [9.17, 15) is 9.59 Å². The van der Waals surface area contributed by atoms with Crippen molar-refractivity contribution in [1.29, 1.82) is 0 Å². The minimum Gasteiger partial charge on any atom is -0.480 e. The number of aromatic nitrogens is 1. The topological polar surface area (TPSA) is 79.4 Å². The van der Waals surface area contributed by atoms with Crippen LogP contribution in [-0.2, 0) is 9.53 Å². The second kappa shape index (κ2) is 2.95. The summed E-state index contributed by atoms with van der Waals surface area (Å²) >= 11 is 0. The molecule has 2 N–H and O–H groups in total. The zero-order chi connectivity index (χ0) is 10.2. The summed E-state index contributed by atoms with van der Waals surface area (Å²) in [5.74, 6) is -1.51. The summed E-state index contributed by atoms with van der Waals surface area (Å²) in [4.78, 5) is 25.4. The summed E-state index contributed by atoms with van der Waals surface area (Å²) < 4.78 is 4.81. The third kappa shape index (κ3) is 1.06. The number of Topliss-reactive ketones (excluding diaryl/α,β-unsaturated/α-hetero) is 1. The number of hydrogen-bond acceptors (Lipinski definition) is 3. The first-order valence-electron chi connectivity index (χ1n) is 4.15. The zero-order valence-electron chi connectivity index (χ0n) is 7.32. The molecule has 0 spiro atoms. The van der Waals surface area contributed by atoms with E-state index < -0.39 is 17.2 Å². The van der Waals surface area contributed by atoms with E-state index in [-0.39, 0.29) is 13.2 Å². The number of aliphatic carboxylic acids is 1. The van der Waals surface area contributed by atoms with E-state index in [0.717, 1.165) is 0 Å². The van der Waals surface area contributed by atoms with Crippen LogP contribution in [0.2, 0.25) is 0 Å². The van der Waals surface area contributed by atoms with Crippen LogP contribution in [0.1, 0.15) is 10.4 Å². The zero-order valence-corrected chi connectivity index (χ0v) is 7.32. The number of carbonyl (C=O) groups is 2. The van der Waals surface area contributed by atoms with Crippen molar-refractivity contribution >= 4 is 11.8 Å². The maximum atomic E-state index is 11.8. The van der Waals surface area contributed by atoms with E-state index in [1.165, 1.54) is 6.20 Å². The Hall–Kier alpha value is -1.62. The Morgan fingerprint density at radius 2 is 2.21 bits per heavy atom. The van der Waals surface area contributed by atoms with Crippen molar-refractivity contribution in [2.24, 2.45) is 5.41 Å². The molecule has 0 aromatic carbocycles. The van der Waals surface area contributed by atoms with E-state index in [1.807, 2.05) is 0 Å². The molecule has 1 aliphatic heterocycles. The van der Waals surface area contributed by atoms with Crippen LogP contribution in [-0.4, -0.2) is 35.1 Å². The van der Waals surface area contributed by atoms with Gasteiger partial charge >= 0.3 is 5.97 Å². The van der Waals surface area contributed by atoms with Crippen molar-refractivity contribution in [3.63, 3.8) is 0 Å². The highest BCUT2D eigenvalue weighted by atomic mass is 16.5. The normalized spacial score (nSPS) is 18.6. The Kier molecular flexibility index (Phi) is 1.89. The predicted octanol–water partition coefficient (Wildman–Crippen LogP) is 0.299. The van der Waals surface area contributed by atoms with Crippen LogP contribution in [0, 0.1) is 5.41 Å². The van der Waals surface area contributed by atoms with Crippen molar-refractivity contribution < 1.29 is 19.4 Å².